The molecule has 0 heterocycles. The average Bonchev–Trinajstić information content (AvgIpc) is 2.45. The Kier molecular flexibility index (Phi) is 4.57. The van der Waals surface area contributed by atoms with E-state index in [1.807, 2.05) is 0 Å². The topological polar surface area (TPSA) is 80.7 Å². The maximum Gasteiger partial charge on any atom is 0.534 e. The quantitative estimate of drug-likeness (QED) is 0.666. The van der Waals surface area contributed by atoms with Crippen LogP contribution in [0, 0.1) is 6.92 Å². The van der Waals surface area contributed by atoms with E-state index in [4.69, 9.17) is 5.11 Å². The Morgan fingerprint density at radius 1 is 1.08 bits per heavy atom. The van der Waals surface area contributed by atoms with Crippen LogP contribution < -0.4 is 4.18 Å². The van der Waals surface area contributed by atoms with Gasteiger partial charge in [-0.3, -0.25) is 0 Å². The molecular formula is C15H11F3O5S. The molecule has 0 aliphatic carbocycles. The fourth-order valence-corrected chi connectivity index (χ4v) is 2.52. The minimum Gasteiger partial charge on any atom is -0.478 e. The van der Waals surface area contributed by atoms with E-state index >= 15 is 0 Å². The summed E-state index contributed by atoms with van der Waals surface area (Å²) in [5.74, 6) is -2.49. The Bertz CT molecular complexity index is 874. The molecule has 0 saturated carbocycles. The van der Waals surface area contributed by atoms with Crippen LogP contribution in [0.2, 0.25) is 0 Å². The van der Waals surface area contributed by atoms with Crippen LogP contribution >= 0.6 is 0 Å². The second kappa shape index (κ2) is 6.16. The number of rotatable bonds is 4. The average molecular weight is 360 g/mol. The SMILES string of the molecule is Cc1cc(-c2ccccc2)cc(OS(=O)(=O)C(F)(F)F)c1C(=O)O. The van der Waals surface area contributed by atoms with Crippen molar-refractivity contribution in [1.82, 2.24) is 0 Å². The summed E-state index contributed by atoms with van der Waals surface area (Å²) in [6.07, 6.45) is 0. The molecule has 0 aromatic heterocycles. The van der Waals surface area contributed by atoms with Crippen LogP contribution in [0.1, 0.15) is 15.9 Å². The number of aryl methyl sites for hydroxylation is 1. The van der Waals surface area contributed by atoms with Crippen LogP contribution in [0.3, 0.4) is 0 Å². The van der Waals surface area contributed by atoms with Gasteiger partial charge < -0.3 is 9.29 Å². The summed E-state index contributed by atoms with van der Waals surface area (Å²) in [6.45, 7) is 1.34. The summed E-state index contributed by atoms with van der Waals surface area (Å²) in [5, 5.41) is 9.15. The van der Waals surface area contributed by atoms with Crippen LogP contribution in [0.25, 0.3) is 11.1 Å². The molecule has 5 nitrogen and oxygen atoms in total. The molecule has 0 unspecified atom stereocenters. The fourth-order valence-electron chi connectivity index (χ4n) is 2.06. The summed E-state index contributed by atoms with van der Waals surface area (Å²) < 4.78 is 64.0. The molecule has 2 rings (SSSR count). The molecule has 0 saturated heterocycles. The lowest BCUT2D eigenvalue weighted by atomic mass is 9.99. The summed E-state index contributed by atoms with van der Waals surface area (Å²) in [7, 11) is -5.99. The van der Waals surface area contributed by atoms with Gasteiger partial charge in [0.2, 0.25) is 0 Å². The van der Waals surface area contributed by atoms with E-state index in [9.17, 15) is 26.4 Å². The van der Waals surface area contributed by atoms with Gasteiger partial charge in [0.15, 0.2) is 5.75 Å². The lowest BCUT2D eigenvalue weighted by molar-refractivity contribution is -0.0500. The Morgan fingerprint density at radius 3 is 2.17 bits per heavy atom. The molecule has 128 valence electrons. The number of carbonyl (C=O) groups is 1. The lowest BCUT2D eigenvalue weighted by Crippen LogP contribution is -2.28. The molecule has 0 spiro atoms. The Labute approximate surface area is 135 Å². The summed E-state index contributed by atoms with van der Waals surface area (Å²) in [4.78, 5) is 11.3. The molecule has 0 aliphatic rings. The molecule has 0 atom stereocenters. The molecule has 24 heavy (non-hydrogen) atoms. The largest absolute Gasteiger partial charge is 0.534 e. The summed E-state index contributed by atoms with van der Waals surface area (Å²) in [5.41, 5.74) is -5.37. The molecule has 9 heteroatoms. The first-order chi connectivity index (χ1) is 11.0. The van der Waals surface area contributed by atoms with Crippen molar-refractivity contribution in [3.05, 3.63) is 53.6 Å². The van der Waals surface area contributed by atoms with Gasteiger partial charge in [0, 0.05) is 0 Å². The second-order valence-electron chi connectivity index (χ2n) is 4.82. The number of aromatic carboxylic acids is 1. The van der Waals surface area contributed by atoms with E-state index in [-0.39, 0.29) is 5.56 Å². The molecule has 0 fully saturated rings. The number of carboxylic acid groups (broad SMARTS) is 1. The fraction of sp³-hybridized carbons (Fsp3) is 0.133. The van der Waals surface area contributed by atoms with E-state index < -0.39 is 32.9 Å². The van der Waals surface area contributed by atoms with Gasteiger partial charge in [-0.25, -0.2) is 4.79 Å². The molecule has 0 aliphatic heterocycles. The van der Waals surface area contributed by atoms with Crippen molar-refractivity contribution in [3.63, 3.8) is 0 Å². The van der Waals surface area contributed by atoms with E-state index in [1.165, 1.54) is 13.0 Å². The van der Waals surface area contributed by atoms with Crippen molar-refractivity contribution < 1.29 is 35.7 Å². The first kappa shape index (κ1) is 17.8. The van der Waals surface area contributed by atoms with Gasteiger partial charge >= 0.3 is 21.6 Å². The molecular weight excluding hydrogens is 349 g/mol. The van der Waals surface area contributed by atoms with E-state index in [1.54, 1.807) is 30.3 Å². The first-order valence-corrected chi connectivity index (χ1v) is 7.88. The van der Waals surface area contributed by atoms with Gasteiger partial charge in [-0.05, 0) is 29.7 Å². The number of hydrogen-bond donors (Lipinski definition) is 1. The van der Waals surface area contributed by atoms with Crippen molar-refractivity contribution >= 4 is 16.1 Å². The molecule has 0 radical (unpaired) electrons. The van der Waals surface area contributed by atoms with E-state index in [0.29, 0.717) is 11.1 Å². The molecule has 0 amide bonds. The third-order valence-electron chi connectivity index (χ3n) is 3.10. The smallest absolute Gasteiger partial charge is 0.478 e. The zero-order valence-electron chi connectivity index (χ0n) is 12.2. The van der Waals surface area contributed by atoms with Crippen molar-refractivity contribution in [2.45, 2.75) is 12.4 Å². The van der Waals surface area contributed by atoms with Crippen LogP contribution in [0.5, 0.6) is 5.75 Å². The molecule has 2 aromatic carbocycles. The third-order valence-corrected chi connectivity index (χ3v) is 4.07. The zero-order valence-corrected chi connectivity index (χ0v) is 13.0. The van der Waals surface area contributed by atoms with Crippen molar-refractivity contribution in [3.8, 4) is 16.9 Å². The van der Waals surface area contributed by atoms with Gasteiger partial charge in [0.1, 0.15) is 5.56 Å². The normalized spacial score (nSPS) is 12.0. The highest BCUT2D eigenvalue weighted by atomic mass is 32.2. The maximum atomic E-state index is 12.5. The standard InChI is InChI=1S/C15H11F3O5S/c1-9-7-11(10-5-3-2-4-6-10)8-12(13(9)14(19)20)23-24(21,22)15(16,17)18/h2-8H,1H3,(H,19,20). The van der Waals surface area contributed by atoms with Crippen LogP contribution in [-0.2, 0) is 10.1 Å². The lowest BCUT2D eigenvalue weighted by Gasteiger charge is -2.14. The highest BCUT2D eigenvalue weighted by Crippen LogP contribution is 2.34. The molecule has 0 bridgehead atoms. The Balaban J connectivity index is 2.64. The summed E-state index contributed by atoms with van der Waals surface area (Å²) in [6, 6.07) is 10.7. The molecule has 1 N–H and O–H groups in total. The van der Waals surface area contributed by atoms with E-state index in [2.05, 4.69) is 4.18 Å². The van der Waals surface area contributed by atoms with E-state index in [0.717, 1.165) is 6.07 Å². The summed E-state index contributed by atoms with van der Waals surface area (Å²) >= 11 is 0. The number of alkyl halides is 3. The van der Waals surface area contributed by atoms with Gasteiger partial charge in [0.25, 0.3) is 0 Å². The van der Waals surface area contributed by atoms with Crippen LogP contribution in [-0.4, -0.2) is 25.0 Å². The highest BCUT2D eigenvalue weighted by molar-refractivity contribution is 7.88. The first-order valence-electron chi connectivity index (χ1n) is 6.47. The van der Waals surface area contributed by atoms with Gasteiger partial charge in [-0.2, -0.15) is 21.6 Å². The van der Waals surface area contributed by atoms with Gasteiger partial charge in [-0.15, -0.1) is 0 Å². The number of benzene rings is 2. The van der Waals surface area contributed by atoms with Crippen molar-refractivity contribution in [1.29, 1.82) is 0 Å². The van der Waals surface area contributed by atoms with Crippen LogP contribution in [0.4, 0.5) is 13.2 Å². The van der Waals surface area contributed by atoms with Gasteiger partial charge in [-0.1, -0.05) is 36.4 Å². The zero-order chi connectivity index (χ0) is 18.1. The number of carboxylic acids is 1. The third kappa shape index (κ3) is 3.51. The van der Waals surface area contributed by atoms with Crippen molar-refractivity contribution in [2.24, 2.45) is 0 Å². The monoisotopic (exact) mass is 360 g/mol. The number of hydrogen-bond acceptors (Lipinski definition) is 4. The number of halogens is 3. The predicted molar refractivity (Wildman–Crippen MR) is 79.2 cm³/mol. The predicted octanol–water partition coefficient (Wildman–Crippen LogP) is 3.59. The minimum absolute atomic E-state index is 0.0660. The van der Waals surface area contributed by atoms with Crippen molar-refractivity contribution in [2.75, 3.05) is 0 Å². The Hall–Kier alpha value is -2.55. The minimum atomic E-state index is -5.99. The molecule has 2 aromatic rings. The highest BCUT2D eigenvalue weighted by Gasteiger charge is 2.49. The van der Waals surface area contributed by atoms with Crippen LogP contribution in [0.15, 0.2) is 42.5 Å². The second-order valence-corrected chi connectivity index (χ2v) is 6.36. The van der Waals surface area contributed by atoms with Gasteiger partial charge in [0.05, 0.1) is 0 Å². The Morgan fingerprint density at radius 2 is 1.67 bits per heavy atom. The maximum absolute atomic E-state index is 12.5.